The Labute approximate surface area is 105 Å². The SMILES string of the molecule is Cc1cccc2nc(NCC3CNCCO3)nn12. The number of fused-ring (bicyclic) bond motifs is 1. The quantitative estimate of drug-likeness (QED) is 0.824. The van der Waals surface area contributed by atoms with Crippen LogP contribution in [0.3, 0.4) is 0 Å². The molecule has 6 heteroatoms. The van der Waals surface area contributed by atoms with Crippen molar-refractivity contribution in [2.24, 2.45) is 0 Å². The normalized spacial score (nSPS) is 20.2. The summed E-state index contributed by atoms with van der Waals surface area (Å²) in [6.07, 6.45) is 0.187. The van der Waals surface area contributed by atoms with Crippen molar-refractivity contribution >= 4 is 11.6 Å². The minimum atomic E-state index is 0.187. The van der Waals surface area contributed by atoms with E-state index >= 15 is 0 Å². The third-order valence-corrected chi connectivity index (χ3v) is 3.04. The summed E-state index contributed by atoms with van der Waals surface area (Å²) >= 11 is 0. The lowest BCUT2D eigenvalue weighted by Crippen LogP contribution is -2.42. The fourth-order valence-electron chi connectivity index (χ4n) is 2.07. The fourth-order valence-corrected chi connectivity index (χ4v) is 2.07. The van der Waals surface area contributed by atoms with Crippen LogP contribution in [0.4, 0.5) is 5.95 Å². The monoisotopic (exact) mass is 247 g/mol. The molecular weight excluding hydrogens is 230 g/mol. The van der Waals surface area contributed by atoms with Gasteiger partial charge in [0.2, 0.25) is 5.95 Å². The molecule has 0 spiro atoms. The Kier molecular flexibility index (Phi) is 3.12. The zero-order chi connectivity index (χ0) is 12.4. The number of hydrogen-bond donors (Lipinski definition) is 2. The Morgan fingerprint density at radius 1 is 1.56 bits per heavy atom. The molecule has 2 aromatic rings. The van der Waals surface area contributed by atoms with Crippen LogP contribution in [0, 0.1) is 6.92 Å². The van der Waals surface area contributed by atoms with Gasteiger partial charge in [-0.05, 0) is 19.1 Å². The number of nitrogens with zero attached hydrogens (tertiary/aromatic N) is 3. The molecule has 1 saturated heterocycles. The molecule has 0 amide bonds. The zero-order valence-corrected chi connectivity index (χ0v) is 10.4. The standard InChI is InChI=1S/C12H17N5O/c1-9-3-2-4-11-15-12(16-17(9)11)14-8-10-7-13-5-6-18-10/h2-4,10,13H,5-8H2,1H3,(H,14,16). The molecule has 2 N–H and O–H groups in total. The maximum atomic E-state index is 5.61. The first kappa shape index (κ1) is 11.4. The lowest BCUT2D eigenvalue weighted by Gasteiger charge is -2.23. The van der Waals surface area contributed by atoms with Gasteiger partial charge in [-0.3, -0.25) is 0 Å². The van der Waals surface area contributed by atoms with Crippen molar-refractivity contribution in [3.8, 4) is 0 Å². The molecule has 1 aliphatic heterocycles. The number of nitrogens with one attached hydrogen (secondary N) is 2. The van der Waals surface area contributed by atoms with Crippen molar-refractivity contribution in [2.75, 3.05) is 31.6 Å². The molecule has 3 rings (SSSR count). The van der Waals surface area contributed by atoms with Crippen molar-refractivity contribution in [1.82, 2.24) is 19.9 Å². The number of ether oxygens (including phenoxy) is 1. The maximum Gasteiger partial charge on any atom is 0.243 e. The van der Waals surface area contributed by atoms with E-state index in [4.69, 9.17) is 4.74 Å². The van der Waals surface area contributed by atoms with Crippen molar-refractivity contribution in [3.05, 3.63) is 23.9 Å². The summed E-state index contributed by atoms with van der Waals surface area (Å²) in [7, 11) is 0. The number of aryl methyl sites for hydroxylation is 1. The second kappa shape index (κ2) is 4.91. The predicted molar refractivity (Wildman–Crippen MR) is 68.8 cm³/mol. The molecule has 0 radical (unpaired) electrons. The van der Waals surface area contributed by atoms with Gasteiger partial charge in [0, 0.05) is 25.3 Å². The summed E-state index contributed by atoms with van der Waals surface area (Å²) in [4.78, 5) is 4.42. The number of aromatic nitrogens is 3. The lowest BCUT2D eigenvalue weighted by atomic mass is 10.3. The van der Waals surface area contributed by atoms with Gasteiger partial charge in [-0.1, -0.05) is 6.07 Å². The number of anilines is 1. The van der Waals surface area contributed by atoms with E-state index in [1.54, 1.807) is 0 Å². The van der Waals surface area contributed by atoms with Crippen LogP contribution in [0.15, 0.2) is 18.2 Å². The molecule has 1 fully saturated rings. The lowest BCUT2D eigenvalue weighted by molar-refractivity contribution is 0.0371. The molecule has 1 unspecified atom stereocenters. The molecule has 96 valence electrons. The zero-order valence-electron chi connectivity index (χ0n) is 10.4. The van der Waals surface area contributed by atoms with E-state index in [2.05, 4.69) is 20.7 Å². The summed E-state index contributed by atoms with van der Waals surface area (Å²) < 4.78 is 7.45. The van der Waals surface area contributed by atoms with Gasteiger partial charge in [-0.25, -0.2) is 4.52 Å². The summed E-state index contributed by atoms with van der Waals surface area (Å²) in [6.45, 7) is 5.31. The van der Waals surface area contributed by atoms with Crippen LogP contribution in [-0.2, 0) is 4.74 Å². The molecule has 1 aliphatic rings. The van der Waals surface area contributed by atoms with Crippen molar-refractivity contribution in [3.63, 3.8) is 0 Å². The minimum absolute atomic E-state index is 0.187. The van der Waals surface area contributed by atoms with E-state index in [0.717, 1.165) is 37.6 Å². The Balaban J connectivity index is 1.69. The Morgan fingerprint density at radius 2 is 2.50 bits per heavy atom. The minimum Gasteiger partial charge on any atom is -0.374 e. The highest BCUT2D eigenvalue weighted by molar-refractivity contribution is 5.44. The van der Waals surface area contributed by atoms with E-state index in [0.29, 0.717) is 5.95 Å². The van der Waals surface area contributed by atoms with Gasteiger partial charge in [-0.2, -0.15) is 4.98 Å². The number of morpholine rings is 1. The van der Waals surface area contributed by atoms with Crippen LogP contribution >= 0.6 is 0 Å². The second-order valence-corrected chi connectivity index (χ2v) is 4.45. The molecule has 0 aliphatic carbocycles. The predicted octanol–water partition coefficient (Wildman–Crippen LogP) is 0.438. The van der Waals surface area contributed by atoms with Gasteiger partial charge in [-0.15, -0.1) is 5.10 Å². The van der Waals surface area contributed by atoms with Gasteiger partial charge >= 0.3 is 0 Å². The van der Waals surface area contributed by atoms with E-state index in [1.807, 2.05) is 29.6 Å². The van der Waals surface area contributed by atoms with Crippen LogP contribution in [0.25, 0.3) is 5.65 Å². The van der Waals surface area contributed by atoms with E-state index in [9.17, 15) is 0 Å². The second-order valence-electron chi connectivity index (χ2n) is 4.45. The third-order valence-electron chi connectivity index (χ3n) is 3.04. The molecule has 0 aromatic carbocycles. The molecule has 18 heavy (non-hydrogen) atoms. The average Bonchev–Trinajstić information content (AvgIpc) is 2.82. The van der Waals surface area contributed by atoms with Gasteiger partial charge < -0.3 is 15.4 Å². The summed E-state index contributed by atoms with van der Waals surface area (Å²) in [5.41, 5.74) is 1.93. The average molecular weight is 247 g/mol. The molecule has 0 saturated carbocycles. The maximum absolute atomic E-state index is 5.61. The molecular formula is C12H17N5O. The van der Waals surface area contributed by atoms with Crippen LogP contribution in [0.2, 0.25) is 0 Å². The van der Waals surface area contributed by atoms with Crippen molar-refractivity contribution < 1.29 is 4.74 Å². The third kappa shape index (κ3) is 2.30. The summed E-state index contributed by atoms with van der Waals surface area (Å²) in [6, 6.07) is 5.95. The van der Waals surface area contributed by atoms with Gasteiger partial charge in [0.05, 0.1) is 12.7 Å². The van der Waals surface area contributed by atoms with Crippen LogP contribution in [0.1, 0.15) is 5.69 Å². The highest BCUT2D eigenvalue weighted by Gasteiger charge is 2.14. The van der Waals surface area contributed by atoms with Gasteiger partial charge in [0.15, 0.2) is 5.65 Å². The summed E-state index contributed by atoms with van der Waals surface area (Å²) in [5.74, 6) is 0.651. The topological polar surface area (TPSA) is 63.5 Å². The molecule has 6 nitrogen and oxygen atoms in total. The Morgan fingerprint density at radius 3 is 3.28 bits per heavy atom. The van der Waals surface area contributed by atoms with E-state index in [1.165, 1.54) is 0 Å². The van der Waals surface area contributed by atoms with Gasteiger partial charge in [0.25, 0.3) is 0 Å². The number of rotatable bonds is 3. The number of pyridine rings is 1. The molecule has 2 aromatic heterocycles. The van der Waals surface area contributed by atoms with E-state index in [-0.39, 0.29) is 6.10 Å². The largest absolute Gasteiger partial charge is 0.374 e. The van der Waals surface area contributed by atoms with Gasteiger partial charge in [0.1, 0.15) is 0 Å². The molecule has 0 bridgehead atoms. The first-order chi connectivity index (χ1) is 8.83. The smallest absolute Gasteiger partial charge is 0.243 e. The molecule has 1 atom stereocenters. The highest BCUT2D eigenvalue weighted by Crippen LogP contribution is 2.08. The fraction of sp³-hybridized carbons (Fsp3) is 0.500. The Bertz CT molecular complexity index is 532. The van der Waals surface area contributed by atoms with Crippen molar-refractivity contribution in [1.29, 1.82) is 0 Å². The first-order valence-electron chi connectivity index (χ1n) is 6.21. The Hall–Kier alpha value is -1.66. The van der Waals surface area contributed by atoms with Crippen LogP contribution < -0.4 is 10.6 Å². The first-order valence-corrected chi connectivity index (χ1v) is 6.21. The van der Waals surface area contributed by atoms with Crippen LogP contribution in [0.5, 0.6) is 0 Å². The number of hydrogen-bond acceptors (Lipinski definition) is 5. The summed E-state index contributed by atoms with van der Waals surface area (Å²) in [5, 5.41) is 10.9. The van der Waals surface area contributed by atoms with E-state index < -0.39 is 0 Å². The highest BCUT2D eigenvalue weighted by atomic mass is 16.5. The van der Waals surface area contributed by atoms with Crippen LogP contribution in [-0.4, -0.2) is 46.9 Å². The van der Waals surface area contributed by atoms with Crippen molar-refractivity contribution in [2.45, 2.75) is 13.0 Å². The molecule has 3 heterocycles.